The molecule has 0 aliphatic heterocycles. The van der Waals surface area contributed by atoms with Crippen LogP contribution in [0.25, 0.3) is 0 Å². The molecule has 0 heterocycles. The van der Waals surface area contributed by atoms with Crippen molar-refractivity contribution in [1.29, 1.82) is 0 Å². The Morgan fingerprint density at radius 2 is 0.286 bits per heavy atom. The average molecular weight is 471 g/mol. The van der Waals surface area contributed by atoms with Gasteiger partial charge in [-0.2, -0.15) is 0 Å². The molecule has 0 rings (SSSR count). The number of rotatable bonds is 0. The molecule has 0 atom stereocenters. The maximum absolute atomic E-state index is 0. The molecule has 4 radical (unpaired) electrons. The van der Waals surface area contributed by atoms with Gasteiger partial charge in [-0.25, -0.2) is 0 Å². The van der Waals surface area contributed by atoms with Gasteiger partial charge in [0.1, 0.15) is 0 Å². The Morgan fingerprint density at radius 3 is 0.286 bits per heavy atom. The van der Waals surface area contributed by atoms with Crippen molar-refractivity contribution >= 4 is 181 Å². The fourth-order valence-electron chi connectivity index (χ4n) is 0. The van der Waals surface area contributed by atoms with Crippen molar-refractivity contribution in [1.82, 2.24) is 0 Å². The van der Waals surface area contributed by atoms with Crippen molar-refractivity contribution in [3.05, 3.63) is 0 Å². The van der Waals surface area contributed by atoms with Crippen molar-refractivity contribution in [2.75, 3.05) is 0 Å². The summed E-state index contributed by atoms with van der Waals surface area (Å²) in [5.41, 5.74) is 0. The Morgan fingerprint density at radius 1 is 0.286 bits per heavy atom. The van der Waals surface area contributed by atoms with Crippen LogP contribution in [0.4, 0.5) is 0 Å². The number of hydrogen-bond donors (Lipinski definition) is 0. The Hall–Kier alpha value is 5.32. The van der Waals surface area contributed by atoms with Gasteiger partial charge in [0.25, 0.3) is 0 Å². The molecule has 0 aromatic carbocycles. The molecule has 0 aliphatic rings. The van der Waals surface area contributed by atoms with Gasteiger partial charge in [-0.05, 0) is 0 Å². The van der Waals surface area contributed by atoms with Crippen LogP contribution in [0, 0.1) is 0 Å². The molecule has 0 fully saturated rings. The zero-order valence-electron chi connectivity index (χ0n) is 7.09. The van der Waals surface area contributed by atoms with Crippen LogP contribution in [0.1, 0.15) is 0 Å². The first-order valence-electron chi connectivity index (χ1n) is 0. The van der Waals surface area contributed by atoms with Crippen molar-refractivity contribution in [3.8, 4) is 0 Å². The molecular formula is MgO8Si2Sr3-4. The molecule has 0 saturated carbocycles. The molecule has 0 bridgehead atoms. The predicted molar refractivity (Wildman–Crippen MR) is 40.0 cm³/mol. The standard InChI is InChI=1S/Mg.8O.2Si.3Sr/q+2;8*-2;5*+2. The van der Waals surface area contributed by atoms with Crippen LogP contribution in [0.5, 0.6) is 0 Å². The third-order valence-electron chi connectivity index (χ3n) is 0. The van der Waals surface area contributed by atoms with E-state index < -0.39 is 0 Å². The molecule has 14 heavy (non-hydrogen) atoms. The summed E-state index contributed by atoms with van der Waals surface area (Å²) in [6.45, 7) is 0. The van der Waals surface area contributed by atoms with Crippen LogP contribution in [-0.2, 0) is 43.8 Å². The minimum atomic E-state index is 0. The second-order valence-electron chi connectivity index (χ2n) is 0. The Balaban J connectivity index is 0. The normalized spacial score (nSPS) is 0. The minimum absolute atomic E-state index is 0. The predicted octanol–water partition coefficient (Wildman–Crippen LogP) is -3.24. The average Bonchev–Trinajstić information content (AvgIpc) is 0. The van der Waals surface area contributed by atoms with E-state index in [0.29, 0.717) is 0 Å². The van der Waals surface area contributed by atoms with E-state index in [2.05, 4.69) is 0 Å². The maximum atomic E-state index is 0. The molecular weight excluding hydrogens is 471 g/mol. The van der Waals surface area contributed by atoms with Gasteiger partial charge in [0, 0.05) is 0 Å². The van der Waals surface area contributed by atoms with Gasteiger partial charge in [0.2, 0.25) is 0 Å². The quantitative estimate of drug-likeness (QED) is 0.317. The van der Waals surface area contributed by atoms with Gasteiger partial charge in [0.15, 0.2) is 0 Å². The van der Waals surface area contributed by atoms with Gasteiger partial charge in [-0.3, -0.25) is 0 Å². The summed E-state index contributed by atoms with van der Waals surface area (Å²) >= 11 is 0. The summed E-state index contributed by atoms with van der Waals surface area (Å²) in [4.78, 5) is 0. The van der Waals surface area contributed by atoms with Crippen molar-refractivity contribution < 1.29 is 43.8 Å². The van der Waals surface area contributed by atoms with Crippen LogP contribution < -0.4 is 0 Å². The van der Waals surface area contributed by atoms with Crippen molar-refractivity contribution in [2.24, 2.45) is 0 Å². The fraction of sp³-hybridized carbons (Fsp3) is 0. The zero-order valence-corrected chi connectivity index (χ0v) is 20.9. The van der Waals surface area contributed by atoms with Gasteiger partial charge in [-0.1, -0.05) is 0 Å². The van der Waals surface area contributed by atoms with Crippen LogP contribution in [0.3, 0.4) is 0 Å². The zero-order chi connectivity index (χ0) is 0. The summed E-state index contributed by atoms with van der Waals surface area (Å²) in [5.74, 6) is 0. The summed E-state index contributed by atoms with van der Waals surface area (Å²) in [7, 11) is 0. The second-order valence-corrected chi connectivity index (χ2v) is 0. The summed E-state index contributed by atoms with van der Waals surface area (Å²) in [6.07, 6.45) is 0. The maximum Gasteiger partial charge on any atom is 2.00 e. The monoisotopic (exact) mass is 472 g/mol. The molecule has 8 nitrogen and oxygen atoms in total. The van der Waals surface area contributed by atoms with E-state index in [9.17, 15) is 0 Å². The fourth-order valence-corrected chi connectivity index (χ4v) is 0. The molecule has 0 aliphatic carbocycles. The van der Waals surface area contributed by atoms with E-state index >= 15 is 0 Å². The molecule has 0 aromatic heterocycles. The Bertz CT molecular complexity index is 22.5. The number of hydrogen-bond acceptors (Lipinski definition) is 0. The molecule has 0 amide bonds. The summed E-state index contributed by atoms with van der Waals surface area (Å²) in [6, 6.07) is 0. The summed E-state index contributed by atoms with van der Waals surface area (Å²) in [5, 5.41) is 0. The first kappa shape index (κ1) is 229. The largest absolute Gasteiger partial charge is 2.00 e. The topological polar surface area (TPSA) is 228 Å². The first-order valence-corrected chi connectivity index (χ1v) is 0. The van der Waals surface area contributed by atoms with Crippen LogP contribution in [-0.4, -0.2) is 181 Å². The molecule has 0 spiro atoms. The molecule has 14 heteroatoms. The van der Waals surface area contributed by atoms with E-state index in [0.717, 1.165) is 0 Å². The van der Waals surface area contributed by atoms with E-state index in [-0.39, 0.29) is 225 Å². The Labute approximate surface area is 219 Å². The van der Waals surface area contributed by atoms with Crippen LogP contribution in [0.15, 0.2) is 0 Å². The van der Waals surface area contributed by atoms with E-state index in [4.69, 9.17) is 0 Å². The third-order valence-corrected chi connectivity index (χ3v) is 0. The van der Waals surface area contributed by atoms with Crippen molar-refractivity contribution in [2.45, 2.75) is 0 Å². The third kappa shape index (κ3) is 163. The van der Waals surface area contributed by atoms with E-state index in [1.807, 2.05) is 0 Å². The Kier molecular flexibility index (Phi) is 3180. The van der Waals surface area contributed by atoms with E-state index in [1.54, 1.807) is 0 Å². The molecule has 0 aromatic rings. The van der Waals surface area contributed by atoms with Crippen LogP contribution >= 0.6 is 0 Å². The molecule has 68 valence electrons. The smallest absolute Gasteiger partial charge is 2.00 e. The van der Waals surface area contributed by atoms with Gasteiger partial charge in [0.05, 0.1) is 0 Å². The van der Waals surface area contributed by atoms with Crippen molar-refractivity contribution in [3.63, 3.8) is 0 Å². The molecule has 0 N–H and O–H groups in total. The molecule has 0 unspecified atom stereocenters. The SMILES string of the molecule is [Mg+2].[O-2].[O-2].[O-2].[O-2].[O-2].[O-2].[O-2].[O-2].[Si+2].[Si+2].[Sr+2].[Sr+2].[Sr+2]. The molecule has 0 saturated heterocycles. The van der Waals surface area contributed by atoms with Gasteiger partial charge in [-0.15, -0.1) is 0 Å². The van der Waals surface area contributed by atoms with Crippen LogP contribution in [0.2, 0.25) is 0 Å². The minimum Gasteiger partial charge on any atom is -2.00 e. The second kappa shape index (κ2) is 194. The van der Waals surface area contributed by atoms with E-state index in [1.165, 1.54) is 0 Å². The van der Waals surface area contributed by atoms with Gasteiger partial charge >= 0.3 is 181 Å². The first-order chi connectivity index (χ1) is 0. The van der Waals surface area contributed by atoms with Gasteiger partial charge < -0.3 is 43.8 Å². The summed E-state index contributed by atoms with van der Waals surface area (Å²) < 4.78 is 0.